The van der Waals surface area contributed by atoms with Gasteiger partial charge in [0.05, 0.1) is 4.92 Å². The SMILES string of the molecule is Cc1cc(C(=O)N2CCCC2C(=O)N2CCN(c3ccc(F)cc3)CC2)ccc1[N+](=O)[O-]. The minimum atomic E-state index is -0.518. The van der Waals surface area contributed by atoms with Crippen LogP contribution < -0.4 is 4.90 Å². The second-order valence-electron chi connectivity index (χ2n) is 8.20. The van der Waals surface area contributed by atoms with Crippen LogP contribution in [0.3, 0.4) is 0 Å². The highest BCUT2D eigenvalue weighted by Crippen LogP contribution is 2.26. The molecule has 2 heterocycles. The summed E-state index contributed by atoms with van der Waals surface area (Å²) in [5.74, 6) is -0.617. The second kappa shape index (κ2) is 8.94. The lowest BCUT2D eigenvalue weighted by Crippen LogP contribution is -2.54. The fourth-order valence-electron chi connectivity index (χ4n) is 4.47. The molecule has 4 rings (SSSR count). The molecule has 0 N–H and O–H groups in total. The van der Waals surface area contributed by atoms with Crippen LogP contribution in [-0.4, -0.2) is 65.3 Å². The molecule has 2 fully saturated rings. The molecule has 32 heavy (non-hydrogen) atoms. The van der Waals surface area contributed by atoms with Gasteiger partial charge in [-0.25, -0.2) is 4.39 Å². The molecular formula is C23H25FN4O4. The maximum atomic E-state index is 13.2. The van der Waals surface area contributed by atoms with Crippen molar-refractivity contribution in [3.8, 4) is 0 Å². The summed E-state index contributed by atoms with van der Waals surface area (Å²) in [5.41, 5.74) is 1.66. The highest BCUT2D eigenvalue weighted by atomic mass is 19.1. The first-order valence-corrected chi connectivity index (χ1v) is 10.7. The number of amides is 2. The number of hydrogen-bond donors (Lipinski definition) is 0. The summed E-state index contributed by atoms with van der Waals surface area (Å²) in [6.07, 6.45) is 1.35. The maximum absolute atomic E-state index is 13.2. The summed E-state index contributed by atoms with van der Waals surface area (Å²) in [6.45, 7) is 4.43. The maximum Gasteiger partial charge on any atom is 0.272 e. The number of nitro benzene ring substituents is 1. The molecule has 0 saturated carbocycles. The largest absolute Gasteiger partial charge is 0.368 e. The Kier molecular flexibility index (Phi) is 6.07. The van der Waals surface area contributed by atoms with Crippen LogP contribution in [0.5, 0.6) is 0 Å². The average Bonchev–Trinajstić information content (AvgIpc) is 3.28. The highest BCUT2D eigenvalue weighted by Gasteiger charge is 2.38. The summed E-state index contributed by atoms with van der Waals surface area (Å²) in [4.78, 5) is 42.4. The van der Waals surface area contributed by atoms with E-state index in [1.54, 1.807) is 28.9 Å². The fraction of sp³-hybridized carbons (Fsp3) is 0.391. The topological polar surface area (TPSA) is 87.0 Å². The molecule has 0 spiro atoms. The normalized spacial score (nSPS) is 18.7. The Bertz CT molecular complexity index is 1030. The number of benzene rings is 2. The van der Waals surface area contributed by atoms with E-state index in [-0.39, 0.29) is 23.3 Å². The molecule has 2 aromatic carbocycles. The predicted octanol–water partition coefficient (Wildman–Crippen LogP) is 3.00. The Labute approximate surface area is 185 Å². The van der Waals surface area contributed by atoms with Crippen molar-refractivity contribution < 1.29 is 18.9 Å². The van der Waals surface area contributed by atoms with Crippen molar-refractivity contribution in [2.24, 2.45) is 0 Å². The Morgan fingerprint density at radius 3 is 2.34 bits per heavy atom. The van der Waals surface area contributed by atoms with Crippen molar-refractivity contribution in [2.45, 2.75) is 25.8 Å². The van der Waals surface area contributed by atoms with Crippen molar-refractivity contribution in [3.05, 3.63) is 69.5 Å². The van der Waals surface area contributed by atoms with E-state index in [4.69, 9.17) is 0 Å². The molecule has 8 nitrogen and oxygen atoms in total. The van der Waals surface area contributed by atoms with E-state index in [0.717, 1.165) is 12.1 Å². The number of rotatable bonds is 4. The minimum absolute atomic E-state index is 0.0328. The average molecular weight is 440 g/mol. The van der Waals surface area contributed by atoms with Gasteiger partial charge in [-0.1, -0.05) is 0 Å². The summed E-state index contributed by atoms with van der Waals surface area (Å²) in [5, 5.41) is 11.0. The van der Waals surface area contributed by atoms with Crippen molar-refractivity contribution in [1.82, 2.24) is 9.80 Å². The number of anilines is 1. The molecule has 1 unspecified atom stereocenters. The van der Waals surface area contributed by atoms with Gasteiger partial charge in [0, 0.05) is 55.6 Å². The van der Waals surface area contributed by atoms with Crippen LogP contribution in [0.25, 0.3) is 0 Å². The number of piperazine rings is 1. The molecule has 2 aliphatic heterocycles. The van der Waals surface area contributed by atoms with Gasteiger partial charge in [0.2, 0.25) is 5.91 Å². The zero-order valence-electron chi connectivity index (χ0n) is 17.9. The Morgan fingerprint density at radius 1 is 1.03 bits per heavy atom. The number of carbonyl (C=O) groups excluding carboxylic acids is 2. The van der Waals surface area contributed by atoms with Crippen LogP contribution in [0, 0.1) is 22.9 Å². The third kappa shape index (κ3) is 4.28. The number of carbonyl (C=O) groups is 2. The number of nitrogens with zero attached hydrogens (tertiary/aromatic N) is 4. The molecule has 2 amide bonds. The Hall–Kier alpha value is -3.49. The monoisotopic (exact) mass is 440 g/mol. The van der Waals surface area contributed by atoms with Gasteiger partial charge < -0.3 is 14.7 Å². The van der Waals surface area contributed by atoms with Crippen LogP contribution in [0.2, 0.25) is 0 Å². The first kappa shape index (κ1) is 21.7. The molecule has 2 saturated heterocycles. The third-order valence-corrected chi connectivity index (χ3v) is 6.22. The number of likely N-dealkylation sites (tertiary alicyclic amines) is 1. The van der Waals surface area contributed by atoms with Gasteiger partial charge in [-0.2, -0.15) is 0 Å². The molecule has 9 heteroatoms. The quantitative estimate of drug-likeness (QED) is 0.539. The van der Waals surface area contributed by atoms with Crippen LogP contribution in [0.1, 0.15) is 28.8 Å². The van der Waals surface area contributed by atoms with E-state index in [1.165, 1.54) is 30.3 Å². The molecule has 1 atom stereocenters. The van der Waals surface area contributed by atoms with Gasteiger partial charge in [0.15, 0.2) is 0 Å². The van der Waals surface area contributed by atoms with Gasteiger partial charge in [-0.15, -0.1) is 0 Å². The predicted molar refractivity (Wildman–Crippen MR) is 117 cm³/mol. The summed E-state index contributed by atoms with van der Waals surface area (Å²) in [7, 11) is 0. The molecule has 168 valence electrons. The number of hydrogen-bond acceptors (Lipinski definition) is 5. The summed E-state index contributed by atoms with van der Waals surface area (Å²) < 4.78 is 13.2. The van der Waals surface area contributed by atoms with Crippen molar-refractivity contribution in [1.29, 1.82) is 0 Å². The van der Waals surface area contributed by atoms with E-state index < -0.39 is 11.0 Å². The van der Waals surface area contributed by atoms with E-state index in [0.29, 0.717) is 50.3 Å². The molecule has 0 bridgehead atoms. The Morgan fingerprint density at radius 2 is 1.72 bits per heavy atom. The zero-order valence-corrected chi connectivity index (χ0v) is 17.9. The van der Waals surface area contributed by atoms with Crippen molar-refractivity contribution >= 4 is 23.2 Å². The molecule has 2 aromatic rings. The third-order valence-electron chi connectivity index (χ3n) is 6.22. The van der Waals surface area contributed by atoms with E-state index in [9.17, 15) is 24.1 Å². The van der Waals surface area contributed by atoms with Crippen LogP contribution in [-0.2, 0) is 4.79 Å². The van der Waals surface area contributed by atoms with Gasteiger partial charge >= 0.3 is 0 Å². The minimum Gasteiger partial charge on any atom is -0.368 e. The van der Waals surface area contributed by atoms with Crippen LogP contribution in [0.4, 0.5) is 15.8 Å². The molecule has 0 aromatic heterocycles. The smallest absolute Gasteiger partial charge is 0.272 e. The van der Waals surface area contributed by atoms with Crippen LogP contribution >= 0.6 is 0 Å². The number of nitro groups is 1. The lowest BCUT2D eigenvalue weighted by atomic mass is 10.1. The van der Waals surface area contributed by atoms with Gasteiger partial charge in [-0.05, 0) is 56.2 Å². The van der Waals surface area contributed by atoms with Gasteiger partial charge in [0.25, 0.3) is 11.6 Å². The summed E-state index contributed by atoms with van der Waals surface area (Å²) >= 11 is 0. The van der Waals surface area contributed by atoms with Gasteiger partial charge in [0.1, 0.15) is 11.9 Å². The lowest BCUT2D eigenvalue weighted by molar-refractivity contribution is -0.385. The summed E-state index contributed by atoms with van der Waals surface area (Å²) in [6, 6.07) is 10.1. The fourth-order valence-corrected chi connectivity index (χ4v) is 4.47. The highest BCUT2D eigenvalue weighted by molar-refractivity contribution is 5.98. The zero-order chi connectivity index (χ0) is 22.8. The molecule has 0 radical (unpaired) electrons. The molecule has 2 aliphatic rings. The van der Waals surface area contributed by atoms with E-state index in [2.05, 4.69) is 4.90 Å². The van der Waals surface area contributed by atoms with Crippen LogP contribution in [0.15, 0.2) is 42.5 Å². The van der Waals surface area contributed by atoms with Gasteiger partial charge in [-0.3, -0.25) is 19.7 Å². The molecule has 0 aliphatic carbocycles. The first-order chi connectivity index (χ1) is 15.3. The number of halogens is 1. The Balaban J connectivity index is 1.41. The molecular weight excluding hydrogens is 415 g/mol. The van der Waals surface area contributed by atoms with E-state index >= 15 is 0 Å². The number of aryl methyl sites for hydroxylation is 1. The van der Waals surface area contributed by atoms with E-state index in [1.807, 2.05) is 0 Å². The first-order valence-electron chi connectivity index (χ1n) is 10.7. The second-order valence-corrected chi connectivity index (χ2v) is 8.20. The van der Waals surface area contributed by atoms with Crippen molar-refractivity contribution in [3.63, 3.8) is 0 Å². The lowest BCUT2D eigenvalue weighted by Gasteiger charge is -2.38. The standard InChI is InChI=1S/C23H25FN4O4/c1-16-15-17(4-9-20(16)28(31)32)22(29)27-10-2-3-21(27)23(30)26-13-11-25(12-14-26)19-7-5-18(24)6-8-19/h4-9,15,21H,2-3,10-14H2,1H3. The van der Waals surface area contributed by atoms with Crippen molar-refractivity contribution in [2.75, 3.05) is 37.6 Å².